The maximum Gasteiger partial charge on any atom is 0.140 e. The first-order valence-electron chi connectivity index (χ1n) is 5.33. The Hall–Kier alpha value is -0.700. The summed E-state index contributed by atoms with van der Waals surface area (Å²) in [6.07, 6.45) is 1.52. The van der Waals surface area contributed by atoms with Gasteiger partial charge in [-0.2, -0.15) is 0 Å². The Morgan fingerprint density at radius 3 is 2.14 bits per heavy atom. The van der Waals surface area contributed by atoms with Gasteiger partial charge in [0, 0.05) is 6.42 Å². The lowest BCUT2D eigenvalue weighted by atomic mass is 10.1. The molecular weight excluding hydrogens is 178 g/mol. The summed E-state index contributed by atoms with van der Waals surface area (Å²) in [5.74, 6) is 0.0440. The largest absolute Gasteiger partial charge is 0.304 e. The Morgan fingerprint density at radius 1 is 1.14 bits per heavy atom. The van der Waals surface area contributed by atoms with E-state index in [1.807, 2.05) is 0 Å². The van der Waals surface area contributed by atoms with Crippen molar-refractivity contribution in [2.75, 3.05) is 19.6 Å². The molecule has 0 radical (unpaired) electrons. The van der Waals surface area contributed by atoms with E-state index in [9.17, 15) is 9.59 Å². The molecule has 0 aliphatic rings. The average molecular weight is 199 g/mol. The first kappa shape index (κ1) is 13.3. The lowest BCUT2D eigenvalue weighted by Gasteiger charge is -2.17. The lowest BCUT2D eigenvalue weighted by Crippen LogP contribution is -2.24. The third kappa shape index (κ3) is 6.78. The SMILES string of the molecule is CCN(CC)CCCC(=O)CC(C)=O. The molecule has 3 heteroatoms. The number of nitrogens with zero attached hydrogens (tertiary/aromatic N) is 1. The van der Waals surface area contributed by atoms with Crippen LogP contribution in [0, 0.1) is 0 Å². The predicted octanol–water partition coefficient (Wildman–Crippen LogP) is 1.66. The summed E-state index contributed by atoms with van der Waals surface area (Å²) in [5, 5.41) is 0. The van der Waals surface area contributed by atoms with Crippen LogP contribution in [0.5, 0.6) is 0 Å². The highest BCUT2D eigenvalue weighted by atomic mass is 16.1. The molecule has 0 atom stereocenters. The fourth-order valence-corrected chi connectivity index (χ4v) is 1.41. The molecule has 0 aromatic heterocycles. The van der Waals surface area contributed by atoms with Gasteiger partial charge in [0.2, 0.25) is 0 Å². The number of carbonyl (C=O) groups excluding carboxylic acids is 2. The minimum atomic E-state index is -0.0298. The zero-order valence-electron chi connectivity index (χ0n) is 9.51. The van der Waals surface area contributed by atoms with Crippen LogP contribution in [0.2, 0.25) is 0 Å². The Kier molecular flexibility index (Phi) is 7.30. The van der Waals surface area contributed by atoms with E-state index in [1.54, 1.807) is 0 Å². The van der Waals surface area contributed by atoms with Gasteiger partial charge in [-0.3, -0.25) is 9.59 Å². The van der Waals surface area contributed by atoms with Crippen molar-refractivity contribution in [3.05, 3.63) is 0 Å². The molecule has 3 nitrogen and oxygen atoms in total. The smallest absolute Gasteiger partial charge is 0.140 e. The van der Waals surface area contributed by atoms with Gasteiger partial charge in [0.25, 0.3) is 0 Å². The van der Waals surface area contributed by atoms with Crippen LogP contribution in [0.25, 0.3) is 0 Å². The summed E-state index contributed by atoms with van der Waals surface area (Å²) < 4.78 is 0. The molecule has 0 unspecified atom stereocenters. The summed E-state index contributed by atoms with van der Waals surface area (Å²) >= 11 is 0. The predicted molar refractivity (Wildman–Crippen MR) is 57.3 cm³/mol. The van der Waals surface area contributed by atoms with Gasteiger partial charge >= 0.3 is 0 Å². The molecule has 0 heterocycles. The van der Waals surface area contributed by atoms with Gasteiger partial charge in [-0.1, -0.05) is 13.8 Å². The second-order valence-electron chi connectivity index (χ2n) is 3.55. The second kappa shape index (κ2) is 7.68. The molecular formula is C11H21NO2. The van der Waals surface area contributed by atoms with Crippen LogP contribution in [-0.2, 0) is 9.59 Å². The molecule has 0 fully saturated rings. The Morgan fingerprint density at radius 2 is 1.71 bits per heavy atom. The maximum atomic E-state index is 11.2. The fraction of sp³-hybridized carbons (Fsp3) is 0.818. The monoisotopic (exact) mass is 199 g/mol. The van der Waals surface area contributed by atoms with E-state index in [0.717, 1.165) is 26.1 Å². The van der Waals surface area contributed by atoms with E-state index < -0.39 is 0 Å². The van der Waals surface area contributed by atoms with Crippen molar-refractivity contribution in [2.45, 2.75) is 40.0 Å². The van der Waals surface area contributed by atoms with Crippen LogP contribution in [0.1, 0.15) is 40.0 Å². The number of hydrogen-bond donors (Lipinski definition) is 0. The number of ketones is 2. The first-order valence-corrected chi connectivity index (χ1v) is 5.33. The van der Waals surface area contributed by atoms with Crippen LogP contribution in [-0.4, -0.2) is 36.1 Å². The van der Waals surface area contributed by atoms with Gasteiger partial charge in [0.1, 0.15) is 11.6 Å². The zero-order chi connectivity index (χ0) is 11.0. The van der Waals surface area contributed by atoms with E-state index in [2.05, 4.69) is 18.7 Å². The molecule has 0 bridgehead atoms. The average Bonchev–Trinajstić information content (AvgIpc) is 2.11. The third-order valence-electron chi connectivity index (χ3n) is 2.27. The molecule has 0 aromatic carbocycles. The highest BCUT2D eigenvalue weighted by Gasteiger charge is 2.06. The molecule has 14 heavy (non-hydrogen) atoms. The van der Waals surface area contributed by atoms with Gasteiger partial charge in [-0.05, 0) is 33.0 Å². The topological polar surface area (TPSA) is 37.4 Å². The van der Waals surface area contributed by atoms with Gasteiger partial charge < -0.3 is 4.90 Å². The van der Waals surface area contributed by atoms with Gasteiger partial charge in [0.15, 0.2) is 0 Å². The van der Waals surface area contributed by atoms with E-state index in [1.165, 1.54) is 6.92 Å². The summed E-state index contributed by atoms with van der Waals surface area (Å²) in [5.41, 5.74) is 0. The Balaban J connectivity index is 3.52. The molecule has 0 spiro atoms. The minimum absolute atomic E-state index is 0.0298. The van der Waals surface area contributed by atoms with Gasteiger partial charge in [-0.25, -0.2) is 0 Å². The molecule has 0 saturated heterocycles. The van der Waals surface area contributed by atoms with Crippen molar-refractivity contribution in [3.8, 4) is 0 Å². The highest BCUT2D eigenvalue weighted by molar-refractivity contribution is 5.97. The molecule has 0 amide bonds. The van der Waals surface area contributed by atoms with Crippen LogP contribution >= 0.6 is 0 Å². The number of rotatable bonds is 8. The van der Waals surface area contributed by atoms with Crippen molar-refractivity contribution in [2.24, 2.45) is 0 Å². The highest BCUT2D eigenvalue weighted by Crippen LogP contribution is 1.99. The summed E-state index contributed by atoms with van der Waals surface area (Å²) in [4.78, 5) is 24.1. The van der Waals surface area contributed by atoms with Gasteiger partial charge in [0.05, 0.1) is 6.42 Å². The quantitative estimate of drug-likeness (QED) is 0.558. The molecule has 0 rings (SSSR count). The second-order valence-corrected chi connectivity index (χ2v) is 3.55. The van der Waals surface area contributed by atoms with E-state index in [-0.39, 0.29) is 18.0 Å². The molecule has 82 valence electrons. The van der Waals surface area contributed by atoms with Crippen molar-refractivity contribution < 1.29 is 9.59 Å². The summed E-state index contributed by atoms with van der Waals surface area (Å²) in [6.45, 7) is 8.69. The van der Waals surface area contributed by atoms with Crippen LogP contribution in [0.4, 0.5) is 0 Å². The van der Waals surface area contributed by atoms with Crippen molar-refractivity contribution in [3.63, 3.8) is 0 Å². The van der Waals surface area contributed by atoms with Crippen molar-refractivity contribution in [1.29, 1.82) is 0 Å². The molecule has 0 aliphatic heterocycles. The zero-order valence-corrected chi connectivity index (χ0v) is 9.51. The fourth-order valence-electron chi connectivity index (χ4n) is 1.41. The number of carbonyl (C=O) groups is 2. The first-order chi connectivity index (χ1) is 6.60. The van der Waals surface area contributed by atoms with E-state index in [4.69, 9.17) is 0 Å². The Bertz CT molecular complexity index is 186. The van der Waals surface area contributed by atoms with E-state index >= 15 is 0 Å². The molecule has 0 N–H and O–H groups in total. The minimum Gasteiger partial charge on any atom is -0.304 e. The lowest BCUT2D eigenvalue weighted by molar-refractivity contribution is -0.125. The standard InChI is InChI=1S/C11H21NO2/c1-4-12(5-2)8-6-7-11(14)9-10(3)13/h4-9H2,1-3H3. The summed E-state index contributed by atoms with van der Waals surface area (Å²) in [7, 11) is 0. The van der Waals surface area contributed by atoms with Crippen LogP contribution in [0.15, 0.2) is 0 Å². The van der Waals surface area contributed by atoms with Crippen molar-refractivity contribution >= 4 is 11.6 Å². The van der Waals surface area contributed by atoms with Crippen LogP contribution < -0.4 is 0 Å². The Labute approximate surface area is 86.5 Å². The van der Waals surface area contributed by atoms with Gasteiger partial charge in [-0.15, -0.1) is 0 Å². The molecule has 0 saturated carbocycles. The van der Waals surface area contributed by atoms with E-state index in [0.29, 0.717) is 6.42 Å². The maximum absolute atomic E-state index is 11.2. The normalized spacial score (nSPS) is 10.6. The number of hydrogen-bond acceptors (Lipinski definition) is 3. The number of Topliss-reactive ketones (excluding diaryl/α,β-unsaturated/α-hetero) is 2. The summed E-state index contributed by atoms with van der Waals surface area (Å²) in [6, 6.07) is 0. The molecule has 0 aromatic rings. The third-order valence-corrected chi connectivity index (χ3v) is 2.27. The van der Waals surface area contributed by atoms with Crippen molar-refractivity contribution in [1.82, 2.24) is 4.90 Å². The molecule has 0 aliphatic carbocycles. The van der Waals surface area contributed by atoms with Crippen LogP contribution in [0.3, 0.4) is 0 Å².